The molecule has 2 aromatic rings. The van der Waals surface area contributed by atoms with Crippen LogP contribution in [0.4, 0.5) is 0 Å². The molecule has 20 heavy (non-hydrogen) atoms. The van der Waals surface area contributed by atoms with Gasteiger partial charge in [-0.2, -0.15) is 0 Å². The maximum Gasteiger partial charge on any atom is 0.269 e. The molecule has 0 fully saturated rings. The average Bonchev–Trinajstić information content (AvgIpc) is 2.83. The number of nitrogen functional groups attached to an aromatic ring is 1. The van der Waals surface area contributed by atoms with Gasteiger partial charge in [0.25, 0.3) is 5.91 Å². The number of ether oxygens (including phenoxy) is 1. The monoisotopic (exact) mass is 276 g/mol. The molecule has 1 aromatic heterocycles. The van der Waals surface area contributed by atoms with E-state index >= 15 is 0 Å². The predicted molar refractivity (Wildman–Crippen MR) is 77.0 cm³/mol. The minimum absolute atomic E-state index is 0.127. The summed E-state index contributed by atoms with van der Waals surface area (Å²) in [4.78, 5) is 11.9. The Hall–Kier alpha value is -1.85. The molecule has 0 aliphatic carbocycles. The van der Waals surface area contributed by atoms with Crippen molar-refractivity contribution in [2.24, 2.45) is 5.84 Å². The molecule has 5 heteroatoms. The highest BCUT2D eigenvalue weighted by molar-refractivity contribution is 6.06. The van der Waals surface area contributed by atoms with Crippen LogP contribution in [0.2, 0.25) is 0 Å². The highest BCUT2D eigenvalue weighted by Crippen LogP contribution is 2.26. The van der Waals surface area contributed by atoms with E-state index in [9.17, 15) is 4.79 Å². The van der Waals surface area contributed by atoms with Crippen molar-refractivity contribution in [3.63, 3.8) is 0 Å². The number of hydrogen-bond donors (Lipinski definition) is 2. The molecule has 1 unspecified atom stereocenters. The minimum atomic E-state index is -0.364. The quantitative estimate of drug-likeness (QED) is 0.483. The molecule has 0 bridgehead atoms. The topological polar surface area (TPSA) is 77.5 Å². The predicted octanol–water partition coefficient (Wildman–Crippen LogP) is 2.74. The standard InChI is InChI=1S/C15H20N2O3/c1-3-6-10(2)19-9-13-14(15(18)17-16)11-7-4-5-8-12(11)20-13/h4-5,7-8,10H,3,6,9,16H2,1-2H3,(H,17,18). The van der Waals surface area contributed by atoms with Crippen LogP contribution < -0.4 is 11.3 Å². The molecule has 1 aromatic carbocycles. The molecule has 3 N–H and O–H groups in total. The molecular weight excluding hydrogens is 256 g/mol. The van der Waals surface area contributed by atoms with Crippen molar-refractivity contribution >= 4 is 16.9 Å². The summed E-state index contributed by atoms with van der Waals surface area (Å²) in [5, 5.41) is 0.747. The highest BCUT2D eigenvalue weighted by atomic mass is 16.5. The van der Waals surface area contributed by atoms with E-state index in [2.05, 4.69) is 12.3 Å². The number of amides is 1. The SMILES string of the molecule is CCCC(C)OCc1oc2ccccc2c1C(=O)NN. The molecule has 0 aliphatic heterocycles. The number of carbonyl (C=O) groups excluding carboxylic acids is 1. The number of nitrogens with two attached hydrogens (primary N) is 1. The fourth-order valence-corrected chi connectivity index (χ4v) is 2.23. The van der Waals surface area contributed by atoms with Crippen LogP contribution in [0, 0.1) is 0 Å². The summed E-state index contributed by atoms with van der Waals surface area (Å²) in [6.45, 7) is 4.38. The van der Waals surface area contributed by atoms with Crippen LogP contribution in [0.3, 0.4) is 0 Å². The van der Waals surface area contributed by atoms with Gasteiger partial charge in [-0.15, -0.1) is 0 Å². The van der Waals surface area contributed by atoms with E-state index in [-0.39, 0.29) is 18.6 Å². The van der Waals surface area contributed by atoms with E-state index < -0.39 is 0 Å². The molecule has 5 nitrogen and oxygen atoms in total. The molecule has 1 amide bonds. The Bertz CT molecular complexity index is 592. The Labute approximate surface area is 118 Å². The van der Waals surface area contributed by atoms with E-state index in [1.165, 1.54) is 0 Å². The number of carbonyl (C=O) groups is 1. The molecule has 0 spiro atoms. The van der Waals surface area contributed by atoms with Gasteiger partial charge >= 0.3 is 0 Å². The van der Waals surface area contributed by atoms with E-state index in [0.717, 1.165) is 18.2 Å². The summed E-state index contributed by atoms with van der Waals surface area (Å²) in [6, 6.07) is 7.37. The van der Waals surface area contributed by atoms with Crippen molar-refractivity contribution in [1.29, 1.82) is 0 Å². The third-order valence-corrected chi connectivity index (χ3v) is 3.22. The third kappa shape index (κ3) is 3.00. The number of benzene rings is 1. The molecule has 2 rings (SSSR count). The van der Waals surface area contributed by atoms with Crippen molar-refractivity contribution in [2.45, 2.75) is 39.4 Å². The number of hydrogen-bond acceptors (Lipinski definition) is 4. The zero-order valence-electron chi connectivity index (χ0n) is 11.8. The van der Waals surface area contributed by atoms with Crippen molar-refractivity contribution in [1.82, 2.24) is 5.43 Å². The summed E-state index contributed by atoms with van der Waals surface area (Å²) in [6.07, 6.45) is 2.15. The molecule has 0 saturated carbocycles. The van der Waals surface area contributed by atoms with E-state index in [0.29, 0.717) is 16.9 Å². The fraction of sp³-hybridized carbons (Fsp3) is 0.400. The number of hydrazine groups is 1. The van der Waals surface area contributed by atoms with E-state index in [1.807, 2.05) is 31.2 Å². The van der Waals surface area contributed by atoms with Crippen LogP contribution in [0.15, 0.2) is 28.7 Å². The second-order valence-electron chi connectivity index (χ2n) is 4.78. The molecule has 108 valence electrons. The van der Waals surface area contributed by atoms with Gasteiger partial charge in [0.2, 0.25) is 0 Å². The first-order chi connectivity index (χ1) is 9.67. The first-order valence-corrected chi connectivity index (χ1v) is 6.80. The van der Waals surface area contributed by atoms with Crippen LogP contribution >= 0.6 is 0 Å². The normalized spacial score (nSPS) is 12.6. The Morgan fingerprint density at radius 1 is 1.45 bits per heavy atom. The molecule has 1 atom stereocenters. The number of nitrogens with one attached hydrogen (secondary N) is 1. The second kappa shape index (κ2) is 6.54. The van der Waals surface area contributed by atoms with Crippen molar-refractivity contribution in [2.75, 3.05) is 0 Å². The Balaban J connectivity index is 2.29. The van der Waals surface area contributed by atoms with Gasteiger partial charge in [-0.3, -0.25) is 10.2 Å². The largest absolute Gasteiger partial charge is 0.458 e. The van der Waals surface area contributed by atoms with Crippen LogP contribution in [-0.4, -0.2) is 12.0 Å². The fourth-order valence-electron chi connectivity index (χ4n) is 2.23. The lowest BCUT2D eigenvalue weighted by Crippen LogP contribution is -2.30. The molecule has 0 radical (unpaired) electrons. The third-order valence-electron chi connectivity index (χ3n) is 3.22. The van der Waals surface area contributed by atoms with Crippen LogP contribution in [0.5, 0.6) is 0 Å². The minimum Gasteiger partial charge on any atom is -0.458 e. The molecule has 1 heterocycles. The number of fused-ring (bicyclic) bond motifs is 1. The zero-order chi connectivity index (χ0) is 14.5. The van der Waals surface area contributed by atoms with Crippen molar-refractivity contribution in [3.05, 3.63) is 35.6 Å². The molecule has 0 aliphatic rings. The summed E-state index contributed by atoms with van der Waals surface area (Å²) < 4.78 is 11.4. The zero-order valence-corrected chi connectivity index (χ0v) is 11.8. The smallest absolute Gasteiger partial charge is 0.269 e. The first-order valence-electron chi connectivity index (χ1n) is 6.80. The van der Waals surface area contributed by atoms with Crippen molar-refractivity contribution < 1.29 is 13.9 Å². The molecular formula is C15H20N2O3. The van der Waals surface area contributed by atoms with Crippen molar-refractivity contribution in [3.8, 4) is 0 Å². The van der Waals surface area contributed by atoms with Gasteiger partial charge in [-0.05, 0) is 19.4 Å². The summed E-state index contributed by atoms with van der Waals surface area (Å²) in [7, 11) is 0. The summed E-state index contributed by atoms with van der Waals surface area (Å²) in [5.74, 6) is 5.39. The second-order valence-corrected chi connectivity index (χ2v) is 4.78. The van der Waals surface area contributed by atoms with Crippen LogP contribution in [0.25, 0.3) is 11.0 Å². The lowest BCUT2D eigenvalue weighted by atomic mass is 10.1. The Morgan fingerprint density at radius 3 is 2.90 bits per heavy atom. The van der Waals surface area contributed by atoms with E-state index in [1.54, 1.807) is 0 Å². The van der Waals surface area contributed by atoms with E-state index in [4.69, 9.17) is 15.0 Å². The van der Waals surface area contributed by atoms with Gasteiger partial charge in [0, 0.05) is 5.39 Å². The van der Waals surface area contributed by atoms with Gasteiger partial charge < -0.3 is 9.15 Å². The Morgan fingerprint density at radius 2 is 2.20 bits per heavy atom. The van der Waals surface area contributed by atoms with Gasteiger partial charge in [-0.1, -0.05) is 31.5 Å². The maximum absolute atomic E-state index is 11.9. The maximum atomic E-state index is 11.9. The average molecular weight is 276 g/mol. The number of para-hydroxylation sites is 1. The van der Waals surface area contributed by atoms with Crippen LogP contribution in [0.1, 0.15) is 42.8 Å². The highest BCUT2D eigenvalue weighted by Gasteiger charge is 2.20. The van der Waals surface area contributed by atoms with Gasteiger partial charge in [0.1, 0.15) is 18.0 Å². The van der Waals surface area contributed by atoms with Gasteiger partial charge in [0.15, 0.2) is 0 Å². The lowest BCUT2D eigenvalue weighted by Gasteiger charge is -2.11. The lowest BCUT2D eigenvalue weighted by molar-refractivity contribution is 0.0372. The summed E-state index contributed by atoms with van der Waals surface area (Å²) in [5.41, 5.74) is 3.27. The molecule has 0 saturated heterocycles. The van der Waals surface area contributed by atoms with Crippen LogP contribution in [-0.2, 0) is 11.3 Å². The summed E-state index contributed by atoms with van der Waals surface area (Å²) >= 11 is 0. The number of rotatable bonds is 6. The van der Waals surface area contributed by atoms with Gasteiger partial charge in [0.05, 0.1) is 11.7 Å². The Kier molecular flexibility index (Phi) is 4.76. The first kappa shape index (κ1) is 14.6. The number of furan rings is 1. The van der Waals surface area contributed by atoms with Gasteiger partial charge in [-0.25, -0.2) is 5.84 Å².